The van der Waals surface area contributed by atoms with Crippen molar-refractivity contribution in [3.8, 4) is 5.75 Å². The van der Waals surface area contributed by atoms with E-state index in [4.69, 9.17) is 16.3 Å². The molecule has 3 nitrogen and oxygen atoms in total. The molecule has 22 heavy (non-hydrogen) atoms. The molecular formula is C18H18ClNO2. The molecule has 1 atom stereocenters. The van der Waals surface area contributed by atoms with E-state index in [1.54, 1.807) is 25.3 Å². The summed E-state index contributed by atoms with van der Waals surface area (Å²) in [5.41, 5.74) is 3.00. The normalized spacial score (nSPS) is 16.7. The minimum atomic E-state index is -0.152. The van der Waals surface area contributed by atoms with Crippen molar-refractivity contribution >= 4 is 17.5 Å². The molecule has 2 aromatic rings. The Morgan fingerprint density at radius 1 is 1.27 bits per heavy atom. The molecule has 1 N–H and O–H groups in total. The molecule has 2 aromatic carbocycles. The zero-order chi connectivity index (χ0) is 15.5. The van der Waals surface area contributed by atoms with Gasteiger partial charge in [0, 0.05) is 5.02 Å². The molecular weight excluding hydrogens is 298 g/mol. The summed E-state index contributed by atoms with van der Waals surface area (Å²) in [5.74, 6) is 0.382. The van der Waals surface area contributed by atoms with Crippen LogP contribution in [0.25, 0.3) is 0 Å². The van der Waals surface area contributed by atoms with Crippen LogP contribution in [0.3, 0.4) is 0 Å². The second-order valence-corrected chi connectivity index (χ2v) is 5.90. The van der Waals surface area contributed by atoms with Gasteiger partial charge < -0.3 is 10.1 Å². The molecule has 0 aromatic heterocycles. The number of hydrogen-bond donors (Lipinski definition) is 1. The molecule has 0 saturated carbocycles. The molecule has 0 radical (unpaired) electrons. The first-order chi connectivity index (χ1) is 10.7. The van der Waals surface area contributed by atoms with Gasteiger partial charge in [-0.2, -0.15) is 0 Å². The Bertz CT molecular complexity index is 699. The van der Waals surface area contributed by atoms with Gasteiger partial charge in [-0.05, 0) is 48.6 Å². The summed E-state index contributed by atoms with van der Waals surface area (Å²) >= 11 is 6.01. The third kappa shape index (κ3) is 2.95. The maximum Gasteiger partial charge on any atom is 0.255 e. The first-order valence-corrected chi connectivity index (χ1v) is 7.79. The van der Waals surface area contributed by atoms with Gasteiger partial charge in [-0.25, -0.2) is 0 Å². The SMILES string of the molecule is COc1ccc(Cl)cc1C(=O)NC1CCCc2ccccc21. The van der Waals surface area contributed by atoms with E-state index in [2.05, 4.69) is 17.4 Å². The van der Waals surface area contributed by atoms with Gasteiger partial charge in [-0.3, -0.25) is 4.79 Å². The summed E-state index contributed by atoms with van der Waals surface area (Å²) in [7, 11) is 1.55. The number of halogens is 1. The predicted molar refractivity (Wildman–Crippen MR) is 87.6 cm³/mol. The first kappa shape index (κ1) is 14.9. The fraction of sp³-hybridized carbons (Fsp3) is 0.278. The lowest BCUT2D eigenvalue weighted by Gasteiger charge is -2.26. The molecule has 1 unspecified atom stereocenters. The van der Waals surface area contributed by atoms with E-state index in [1.165, 1.54) is 11.1 Å². The second kappa shape index (κ2) is 6.41. The van der Waals surface area contributed by atoms with Gasteiger partial charge in [0.05, 0.1) is 18.7 Å². The van der Waals surface area contributed by atoms with Crippen molar-refractivity contribution in [1.82, 2.24) is 5.32 Å². The van der Waals surface area contributed by atoms with E-state index < -0.39 is 0 Å². The maximum absolute atomic E-state index is 12.6. The van der Waals surface area contributed by atoms with Crippen LogP contribution in [0.5, 0.6) is 5.75 Å². The van der Waals surface area contributed by atoms with E-state index in [0.717, 1.165) is 19.3 Å². The zero-order valence-electron chi connectivity index (χ0n) is 12.4. The quantitative estimate of drug-likeness (QED) is 0.923. The van der Waals surface area contributed by atoms with Crippen LogP contribution in [-0.4, -0.2) is 13.0 Å². The number of amides is 1. The number of carbonyl (C=O) groups excluding carboxylic acids is 1. The smallest absolute Gasteiger partial charge is 0.255 e. The first-order valence-electron chi connectivity index (χ1n) is 7.41. The summed E-state index contributed by atoms with van der Waals surface area (Å²) in [5, 5.41) is 3.64. The average molecular weight is 316 g/mol. The Morgan fingerprint density at radius 2 is 2.09 bits per heavy atom. The number of benzene rings is 2. The van der Waals surface area contributed by atoms with E-state index in [0.29, 0.717) is 16.3 Å². The summed E-state index contributed by atoms with van der Waals surface area (Å²) < 4.78 is 5.26. The van der Waals surface area contributed by atoms with Gasteiger partial charge >= 0.3 is 0 Å². The highest BCUT2D eigenvalue weighted by molar-refractivity contribution is 6.31. The lowest BCUT2D eigenvalue weighted by Crippen LogP contribution is -2.31. The van der Waals surface area contributed by atoms with Crippen LogP contribution in [0, 0.1) is 0 Å². The van der Waals surface area contributed by atoms with Crippen molar-refractivity contribution in [2.24, 2.45) is 0 Å². The van der Waals surface area contributed by atoms with Crippen molar-refractivity contribution in [2.75, 3.05) is 7.11 Å². The number of methoxy groups -OCH3 is 1. The van der Waals surface area contributed by atoms with Gasteiger partial charge in [0.2, 0.25) is 0 Å². The van der Waals surface area contributed by atoms with Crippen molar-refractivity contribution in [1.29, 1.82) is 0 Å². The van der Waals surface area contributed by atoms with Crippen LogP contribution >= 0.6 is 11.6 Å². The molecule has 1 amide bonds. The molecule has 114 valence electrons. The highest BCUT2D eigenvalue weighted by Crippen LogP contribution is 2.30. The summed E-state index contributed by atoms with van der Waals surface area (Å²) in [6.45, 7) is 0. The Hall–Kier alpha value is -2.00. The molecule has 1 aliphatic carbocycles. The molecule has 0 heterocycles. The monoisotopic (exact) mass is 315 g/mol. The van der Waals surface area contributed by atoms with Gasteiger partial charge in [-0.1, -0.05) is 35.9 Å². The van der Waals surface area contributed by atoms with Crippen LogP contribution in [-0.2, 0) is 6.42 Å². The van der Waals surface area contributed by atoms with Crippen LogP contribution in [0.2, 0.25) is 5.02 Å². The van der Waals surface area contributed by atoms with Crippen molar-refractivity contribution in [3.63, 3.8) is 0 Å². The van der Waals surface area contributed by atoms with E-state index >= 15 is 0 Å². The predicted octanol–water partition coefficient (Wildman–Crippen LogP) is 4.16. The number of fused-ring (bicyclic) bond motifs is 1. The minimum Gasteiger partial charge on any atom is -0.496 e. The standard InChI is InChI=1S/C18H18ClNO2/c1-22-17-10-9-13(19)11-15(17)18(21)20-16-8-4-6-12-5-2-3-7-14(12)16/h2-3,5,7,9-11,16H,4,6,8H2,1H3,(H,20,21). The number of ether oxygens (including phenoxy) is 1. The second-order valence-electron chi connectivity index (χ2n) is 5.46. The lowest BCUT2D eigenvalue weighted by atomic mass is 9.87. The number of nitrogens with one attached hydrogen (secondary N) is 1. The van der Waals surface area contributed by atoms with E-state index in [1.807, 2.05) is 12.1 Å². The number of carbonyl (C=O) groups is 1. The minimum absolute atomic E-state index is 0.0427. The van der Waals surface area contributed by atoms with E-state index in [9.17, 15) is 4.79 Å². The van der Waals surface area contributed by atoms with Gasteiger partial charge in [0.1, 0.15) is 5.75 Å². The molecule has 0 aliphatic heterocycles. The summed E-state index contributed by atoms with van der Waals surface area (Å²) in [6.07, 6.45) is 3.10. The van der Waals surface area contributed by atoms with Crippen molar-refractivity contribution in [2.45, 2.75) is 25.3 Å². The third-order valence-electron chi connectivity index (χ3n) is 4.08. The summed E-state index contributed by atoms with van der Waals surface area (Å²) in [6, 6.07) is 13.4. The Labute approximate surface area is 135 Å². The molecule has 3 rings (SSSR count). The molecule has 0 fully saturated rings. The van der Waals surface area contributed by atoms with Crippen LogP contribution in [0.4, 0.5) is 0 Å². The highest BCUT2D eigenvalue weighted by Gasteiger charge is 2.23. The Morgan fingerprint density at radius 3 is 2.91 bits per heavy atom. The van der Waals surface area contributed by atoms with Gasteiger partial charge in [0.25, 0.3) is 5.91 Å². The molecule has 4 heteroatoms. The van der Waals surface area contributed by atoms with Crippen molar-refractivity contribution in [3.05, 3.63) is 64.2 Å². The molecule has 1 aliphatic rings. The van der Waals surface area contributed by atoms with E-state index in [-0.39, 0.29) is 11.9 Å². The number of rotatable bonds is 3. The fourth-order valence-corrected chi connectivity index (χ4v) is 3.17. The van der Waals surface area contributed by atoms with Gasteiger partial charge in [0.15, 0.2) is 0 Å². The molecule has 0 spiro atoms. The third-order valence-corrected chi connectivity index (χ3v) is 4.32. The van der Waals surface area contributed by atoms with Crippen LogP contribution in [0.1, 0.15) is 40.4 Å². The maximum atomic E-state index is 12.6. The molecule has 0 bridgehead atoms. The summed E-state index contributed by atoms with van der Waals surface area (Å²) in [4.78, 5) is 12.6. The number of hydrogen-bond acceptors (Lipinski definition) is 2. The topological polar surface area (TPSA) is 38.3 Å². The molecule has 0 saturated heterocycles. The Kier molecular flexibility index (Phi) is 4.34. The fourth-order valence-electron chi connectivity index (χ4n) is 3.00. The Balaban J connectivity index is 1.85. The lowest BCUT2D eigenvalue weighted by molar-refractivity contribution is 0.0929. The zero-order valence-corrected chi connectivity index (χ0v) is 13.2. The van der Waals surface area contributed by atoms with Crippen LogP contribution < -0.4 is 10.1 Å². The number of aryl methyl sites for hydroxylation is 1. The van der Waals surface area contributed by atoms with Gasteiger partial charge in [-0.15, -0.1) is 0 Å². The van der Waals surface area contributed by atoms with Crippen LogP contribution in [0.15, 0.2) is 42.5 Å². The average Bonchev–Trinajstić information content (AvgIpc) is 2.55. The largest absolute Gasteiger partial charge is 0.496 e. The van der Waals surface area contributed by atoms with Crippen molar-refractivity contribution < 1.29 is 9.53 Å². The highest BCUT2D eigenvalue weighted by atomic mass is 35.5.